The van der Waals surface area contributed by atoms with E-state index >= 15 is 0 Å². The molecular formula is C21H27N7O2. The Morgan fingerprint density at radius 3 is 2.70 bits per heavy atom. The molecule has 1 aromatic carbocycles. The van der Waals surface area contributed by atoms with Crippen LogP contribution in [0, 0.1) is 0 Å². The average molecular weight is 409 g/mol. The first kappa shape index (κ1) is 20.1. The number of hydrogen-bond acceptors (Lipinski definition) is 7. The molecule has 0 saturated heterocycles. The van der Waals surface area contributed by atoms with Crippen molar-refractivity contribution in [3.8, 4) is 0 Å². The second-order valence-corrected chi connectivity index (χ2v) is 8.03. The molecule has 30 heavy (non-hydrogen) atoms. The third-order valence-corrected chi connectivity index (χ3v) is 5.42. The van der Waals surface area contributed by atoms with Gasteiger partial charge in [0.25, 0.3) is 0 Å². The van der Waals surface area contributed by atoms with Crippen LogP contribution < -0.4 is 16.4 Å². The standard InChI is InChI=1S/C21H27N7O2/c1-12(2)28-11-23-17-19(24-15-5-3-4-13(10-15)18(22)30)26-21(27-20(17)28)25-14-6-8-16(29)9-7-14/h3-5,10-12,14,16,29H,6-9H2,1-2H3,(H2,22,30)(H2,24,25,26,27). The van der Waals surface area contributed by atoms with Crippen molar-refractivity contribution in [3.05, 3.63) is 36.2 Å². The number of aliphatic hydroxyl groups is 1. The molecule has 158 valence electrons. The number of hydrogen-bond donors (Lipinski definition) is 4. The van der Waals surface area contributed by atoms with Gasteiger partial charge in [-0.1, -0.05) is 6.07 Å². The summed E-state index contributed by atoms with van der Waals surface area (Å²) in [4.78, 5) is 25.4. The molecule has 0 atom stereocenters. The highest BCUT2D eigenvalue weighted by Gasteiger charge is 2.21. The molecule has 5 N–H and O–H groups in total. The smallest absolute Gasteiger partial charge is 0.248 e. The average Bonchev–Trinajstić information content (AvgIpc) is 3.14. The van der Waals surface area contributed by atoms with Gasteiger partial charge < -0.3 is 26.0 Å². The van der Waals surface area contributed by atoms with E-state index in [2.05, 4.69) is 34.4 Å². The fourth-order valence-corrected chi connectivity index (χ4v) is 3.74. The Labute approximate surface area is 174 Å². The first-order valence-corrected chi connectivity index (χ1v) is 10.3. The summed E-state index contributed by atoms with van der Waals surface area (Å²) in [6.07, 6.45) is 4.83. The number of nitrogens with two attached hydrogens (primary N) is 1. The molecule has 1 aliphatic carbocycles. The Kier molecular flexibility index (Phi) is 5.54. The van der Waals surface area contributed by atoms with Crippen molar-refractivity contribution in [2.24, 2.45) is 5.73 Å². The predicted molar refractivity (Wildman–Crippen MR) is 116 cm³/mol. The third-order valence-electron chi connectivity index (χ3n) is 5.42. The van der Waals surface area contributed by atoms with Crippen LogP contribution >= 0.6 is 0 Å². The highest BCUT2D eigenvalue weighted by Crippen LogP contribution is 2.28. The van der Waals surface area contributed by atoms with Crippen LogP contribution in [0.15, 0.2) is 30.6 Å². The number of amides is 1. The Morgan fingerprint density at radius 1 is 1.23 bits per heavy atom. The van der Waals surface area contributed by atoms with Crippen LogP contribution in [0.1, 0.15) is 55.9 Å². The summed E-state index contributed by atoms with van der Waals surface area (Å²) >= 11 is 0. The minimum Gasteiger partial charge on any atom is -0.393 e. The van der Waals surface area contributed by atoms with Gasteiger partial charge in [0.05, 0.1) is 12.4 Å². The molecule has 2 aromatic heterocycles. The van der Waals surface area contributed by atoms with Gasteiger partial charge >= 0.3 is 0 Å². The van der Waals surface area contributed by atoms with Crippen molar-refractivity contribution < 1.29 is 9.90 Å². The number of carbonyl (C=O) groups excluding carboxylic acids is 1. The lowest BCUT2D eigenvalue weighted by Gasteiger charge is -2.26. The zero-order valence-electron chi connectivity index (χ0n) is 17.2. The molecule has 0 aliphatic heterocycles. The molecule has 0 radical (unpaired) electrons. The second kappa shape index (κ2) is 8.27. The van der Waals surface area contributed by atoms with Gasteiger partial charge in [0.2, 0.25) is 11.9 Å². The van der Waals surface area contributed by atoms with Crippen molar-refractivity contribution in [1.82, 2.24) is 19.5 Å². The largest absolute Gasteiger partial charge is 0.393 e. The highest BCUT2D eigenvalue weighted by atomic mass is 16.3. The lowest BCUT2D eigenvalue weighted by molar-refractivity contribution is 0.1000. The number of fused-ring (bicyclic) bond motifs is 1. The van der Waals surface area contributed by atoms with Crippen LogP contribution in [0.25, 0.3) is 11.2 Å². The predicted octanol–water partition coefficient (Wildman–Crippen LogP) is 2.97. The van der Waals surface area contributed by atoms with Crippen molar-refractivity contribution >= 4 is 34.5 Å². The van der Waals surface area contributed by atoms with E-state index in [4.69, 9.17) is 10.7 Å². The lowest BCUT2D eigenvalue weighted by atomic mass is 9.93. The number of imidazole rings is 1. The second-order valence-electron chi connectivity index (χ2n) is 8.03. The molecule has 0 bridgehead atoms. The van der Waals surface area contributed by atoms with Crippen LogP contribution in [-0.2, 0) is 0 Å². The zero-order valence-corrected chi connectivity index (χ0v) is 17.2. The number of aromatic nitrogens is 4. The molecule has 4 rings (SSSR count). The summed E-state index contributed by atoms with van der Waals surface area (Å²) in [7, 11) is 0. The fourth-order valence-electron chi connectivity index (χ4n) is 3.74. The number of nitrogens with zero attached hydrogens (tertiary/aromatic N) is 4. The summed E-state index contributed by atoms with van der Waals surface area (Å²) in [5.74, 6) is 0.580. The first-order chi connectivity index (χ1) is 14.4. The van der Waals surface area contributed by atoms with Crippen molar-refractivity contribution in [3.63, 3.8) is 0 Å². The number of primary amides is 1. The van der Waals surface area contributed by atoms with Crippen LogP contribution in [0.3, 0.4) is 0 Å². The van der Waals surface area contributed by atoms with Gasteiger partial charge in [-0.15, -0.1) is 0 Å². The molecule has 1 amide bonds. The molecule has 9 heteroatoms. The summed E-state index contributed by atoms with van der Waals surface area (Å²) in [5.41, 5.74) is 7.89. The maximum atomic E-state index is 11.5. The Bertz CT molecular complexity index is 1050. The summed E-state index contributed by atoms with van der Waals surface area (Å²) in [6.45, 7) is 4.14. The van der Waals surface area contributed by atoms with E-state index in [0.29, 0.717) is 28.5 Å². The zero-order chi connectivity index (χ0) is 21.3. The molecule has 1 saturated carbocycles. The Balaban J connectivity index is 1.70. The summed E-state index contributed by atoms with van der Waals surface area (Å²) in [5, 5.41) is 16.4. The quantitative estimate of drug-likeness (QED) is 0.492. The number of rotatable bonds is 6. The molecule has 2 heterocycles. The number of anilines is 3. The number of carbonyl (C=O) groups is 1. The summed E-state index contributed by atoms with van der Waals surface area (Å²) in [6, 6.07) is 7.36. The van der Waals surface area contributed by atoms with Gasteiger partial charge in [-0.25, -0.2) is 4.98 Å². The third kappa shape index (κ3) is 4.20. The molecule has 1 fully saturated rings. The van der Waals surface area contributed by atoms with Crippen molar-refractivity contribution in [2.45, 2.75) is 57.7 Å². The minimum absolute atomic E-state index is 0.189. The van der Waals surface area contributed by atoms with E-state index in [1.807, 2.05) is 10.6 Å². The molecule has 9 nitrogen and oxygen atoms in total. The van der Waals surface area contributed by atoms with E-state index < -0.39 is 5.91 Å². The lowest BCUT2D eigenvalue weighted by Crippen LogP contribution is -2.29. The molecule has 0 spiro atoms. The van der Waals surface area contributed by atoms with Crippen LogP contribution in [0.2, 0.25) is 0 Å². The molecule has 0 unspecified atom stereocenters. The van der Waals surface area contributed by atoms with E-state index in [1.54, 1.807) is 24.5 Å². The first-order valence-electron chi connectivity index (χ1n) is 10.3. The van der Waals surface area contributed by atoms with Gasteiger partial charge in [0.15, 0.2) is 17.0 Å². The maximum Gasteiger partial charge on any atom is 0.248 e. The summed E-state index contributed by atoms with van der Waals surface area (Å²) < 4.78 is 2.00. The normalized spacial score (nSPS) is 19.2. The SMILES string of the molecule is CC(C)n1cnc2c(Nc3cccc(C(N)=O)c3)nc(NC3CCC(O)CC3)nc21. The van der Waals surface area contributed by atoms with Gasteiger partial charge in [-0.2, -0.15) is 9.97 Å². The van der Waals surface area contributed by atoms with E-state index in [9.17, 15) is 9.90 Å². The van der Waals surface area contributed by atoms with Gasteiger partial charge in [-0.05, 0) is 57.7 Å². The van der Waals surface area contributed by atoms with E-state index in [0.717, 1.165) is 31.3 Å². The minimum atomic E-state index is -0.489. The number of benzene rings is 1. The van der Waals surface area contributed by atoms with Crippen molar-refractivity contribution in [1.29, 1.82) is 0 Å². The number of nitrogens with one attached hydrogen (secondary N) is 2. The Morgan fingerprint density at radius 2 is 2.00 bits per heavy atom. The number of aliphatic hydroxyl groups excluding tert-OH is 1. The van der Waals surface area contributed by atoms with Crippen LogP contribution in [-0.4, -0.2) is 42.7 Å². The molecular weight excluding hydrogens is 382 g/mol. The monoisotopic (exact) mass is 409 g/mol. The maximum absolute atomic E-state index is 11.5. The van der Waals surface area contributed by atoms with E-state index in [-0.39, 0.29) is 18.2 Å². The van der Waals surface area contributed by atoms with Gasteiger partial charge in [0.1, 0.15) is 0 Å². The van der Waals surface area contributed by atoms with Crippen LogP contribution in [0.5, 0.6) is 0 Å². The molecule has 3 aromatic rings. The molecule has 1 aliphatic rings. The van der Waals surface area contributed by atoms with Gasteiger partial charge in [-0.3, -0.25) is 4.79 Å². The fraction of sp³-hybridized carbons (Fsp3) is 0.429. The Hall–Kier alpha value is -3.20. The topological polar surface area (TPSA) is 131 Å². The van der Waals surface area contributed by atoms with Crippen molar-refractivity contribution in [2.75, 3.05) is 10.6 Å². The van der Waals surface area contributed by atoms with Crippen LogP contribution in [0.4, 0.5) is 17.5 Å². The van der Waals surface area contributed by atoms with Gasteiger partial charge in [0, 0.05) is 23.3 Å². The highest BCUT2D eigenvalue weighted by molar-refractivity contribution is 5.94. The van der Waals surface area contributed by atoms with E-state index in [1.165, 1.54) is 0 Å².